The summed E-state index contributed by atoms with van der Waals surface area (Å²) in [6.45, 7) is 6.45. The van der Waals surface area contributed by atoms with Gasteiger partial charge < -0.3 is 4.42 Å². The molecule has 4 nitrogen and oxygen atoms in total. The van der Waals surface area contributed by atoms with Crippen molar-refractivity contribution in [1.29, 1.82) is 0 Å². The fourth-order valence-corrected chi connectivity index (χ4v) is 2.56. The SMILES string of the molecule is CC(C)(C)c1ccc(-c2nc(CS(C)(=O)=O)co2)cc1. The summed E-state index contributed by atoms with van der Waals surface area (Å²) in [5.74, 6) is 0.348. The van der Waals surface area contributed by atoms with Gasteiger partial charge in [0.05, 0.1) is 11.4 Å². The Balaban J connectivity index is 2.25. The van der Waals surface area contributed by atoms with Gasteiger partial charge >= 0.3 is 0 Å². The molecular formula is C15H19NO3S. The highest BCUT2D eigenvalue weighted by Gasteiger charge is 2.15. The van der Waals surface area contributed by atoms with E-state index in [-0.39, 0.29) is 11.2 Å². The molecule has 0 N–H and O–H groups in total. The number of aromatic nitrogens is 1. The average Bonchev–Trinajstić information content (AvgIpc) is 2.74. The van der Waals surface area contributed by atoms with Crippen molar-refractivity contribution >= 4 is 9.84 Å². The maximum atomic E-state index is 11.2. The normalized spacial score (nSPS) is 12.6. The van der Waals surface area contributed by atoms with Crippen LogP contribution in [0.1, 0.15) is 32.0 Å². The monoisotopic (exact) mass is 293 g/mol. The Morgan fingerprint density at radius 3 is 2.25 bits per heavy atom. The van der Waals surface area contributed by atoms with E-state index in [2.05, 4.69) is 25.8 Å². The summed E-state index contributed by atoms with van der Waals surface area (Å²) >= 11 is 0. The number of sulfone groups is 1. The fraction of sp³-hybridized carbons (Fsp3) is 0.400. The molecule has 0 aliphatic carbocycles. The number of hydrogen-bond acceptors (Lipinski definition) is 4. The first-order valence-corrected chi connectivity index (χ1v) is 8.44. The van der Waals surface area contributed by atoms with Crippen LogP contribution < -0.4 is 0 Å². The minimum Gasteiger partial charge on any atom is -0.444 e. The van der Waals surface area contributed by atoms with E-state index in [1.54, 1.807) is 0 Å². The van der Waals surface area contributed by atoms with Gasteiger partial charge in [-0.15, -0.1) is 0 Å². The highest BCUT2D eigenvalue weighted by atomic mass is 32.2. The molecule has 2 aromatic rings. The van der Waals surface area contributed by atoms with Gasteiger partial charge in [-0.2, -0.15) is 0 Å². The molecular weight excluding hydrogens is 274 g/mol. The minimum absolute atomic E-state index is 0.0938. The van der Waals surface area contributed by atoms with Crippen molar-refractivity contribution in [3.63, 3.8) is 0 Å². The number of oxazole rings is 1. The van der Waals surface area contributed by atoms with Gasteiger partial charge in [0.15, 0.2) is 9.84 Å². The van der Waals surface area contributed by atoms with Gasteiger partial charge in [-0.3, -0.25) is 0 Å². The molecule has 20 heavy (non-hydrogen) atoms. The average molecular weight is 293 g/mol. The van der Waals surface area contributed by atoms with Gasteiger partial charge in [-0.1, -0.05) is 32.9 Å². The van der Waals surface area contributed by atoms with E-state index < -0.39 is 9.84 Å². The smallest absolute Gasteiger partial charge is 0.226 e. The summed E-state index contributed by atoms with van der Waals surface area (Å²) in [4.78, 5) is 4.21. The molecule has 0 spiro atoms. The summed E-state index contributed by atoms with van der Waals surface area (Å²) in [5, 5.41) is 0. The second-order valence-electron chi connectivity index (χ2n) is 6.04. The summed E-state index contributed by atoms with van der Waals surface area (Å²) in [6.07, 6.45) is 2.58. The first-order chi connectivity index (χ1) is 9.15. The molecule has 5 heteroatoms. The van der Waals surface area contributed by atoms with E-state index >= 15 is 0 Å². The fourth-order valence-electron chi connectivity index (χ4n) is 1.89. The number of hydrogen-bond donors (Lipinski definition) is 0. The largest absolute Gasteiger partial charge is 0.444 e. The standard InChI is InChI=1S/C15H19NO3S/c1-15(2,3)12-7-5-11(6-8-12)14-16-13(9-19-14)10-20(4,17)18/h5-9H,10H2,1-4H3. The Labute approximate surface area is 119 Å². The van der Waals surface area contributed by atoms with Gasteiger partial charge in [0, 0.05) is 11.8 Å². The molecule has 1 heterocycles. The molecule has 0 fully saturated rings. The van der Waals surface area contributed by atoms with E-state index in [0.717, 1.165) is 5.56 Å². The zero-order chi connectivity index (χ0) is 15.0. The molecule has 1 aromatic carbocycles. The summed E-state index contributed by atoms with van der Waals surface area (Å²) in [7, 11) is -3.09. The molecule has 0 saturated carbocycles. The first kappa shape index (κ1) is 14.8. The Hall–Kier alpha value is -1.62. The van der Waals surface area contributed by atoms with E-state index in [1.165, 1.54) is 18.1 Å². The first-order valence-electron chi connectivity index (χ1n) is 6.38. The van der Waals surface area contributed by atoms with E-state index in [9.17, 15) is 8.42 Å². The molecule has 0 aliphatic rings. The predicted octanol–water partition coefficient (Wildman–Crippen LogP) is 3.18. The lowest BCUT2D eigenvalue weighted by atomic mass is 9.87. The van der Waals surface area contributed by atoms with Gasteiger partial charge in [0.1, 0.15) is 6.26 Å². The van der Waals surface area contributed by atoms with Crippen LogP contribution in [-0.4, -0.2) is 19.7 Å². The molecule has 0 bridgehead atoms. The maximum absolute atomic E-state index is 11.2. The van der Waals surface area contributed by atoms with Crippen molar-refractivity contribution in [2.75, 3.05) is 6.26 Å². The number of rotatable bonds is 3. The van der Waals surface area contributed by atoms with Crippen molar-refractivity contribution in [3.8, 4) is 11.5 Å². The second-order valence-corrected chi connectivity index (χ2v) is 8.18. The number of nitrogens with zero attached hydrogens (tertiary/aromatic N) is 1. The third-order valence-corrected chi connectivity index (χ3v) is 3.78. The predicted molar refractivity (Wildman–Crippen MR) is 79.2 cm³/mol. The van der Waals surface area contributed by atoms with Crippen LogP contribution in [-0.2, 0) is 21.0 Å². The highest BCUT2D eigenvalue weighted by molar-refractivity contribution is 7.89. The lowest BCUT2D eigenvalue weighted by Gasteiger charge is -2.18. The molecule has 0 amide bonds. The van der Waals surface area contributed by atoms with Gasteiger partial charge in [-0.25, -0.2) is 13.4 Å². The highest BCUT2D eigenvalue weighted by Crippen LogP contribution is 2.26. The van der Waals surface area contributed by atoms with Gasteiger partial charge in [-0.05, 0) is 23.1 Å². The second kappa shape index (κ2) is 5.05. The Bertz CT molecular complexity index is 691. The third-order valence-electron chi connectivity index (χ3n) is 2.96. The van der Waals surface area contributed by atoms with E-state index in [1.807, 2.05) is 24.3 Å². The van der Waals surface area contributed by atoms with Gasteiger partial charge in [0.2, 0.25) is 5.89 Å². The topological polar surface area (TPSA) is 60.2 Å². The van der Waals surface area contributed by atoms with Crippen molar-refractivity contribution < 1.29 is 12.8 Å². The van der Waals surface area contributed by atoms with E-state index in [0.29, 0.717) is 11.6 Å². The summed E-state index contributed by atoms with van der Waals surface area (Å²) in [6, 6.07) is 7.96. The number of benzene rings is 1. The summed E-state index contributed by atoms with van der Waals surface area (Å²) < 4.78 is 27.8. The van der Waals surface area contributed by atoms with Crippen LogP contribution in [0, 0.1) is 0 Å². The molecule has 2 rings (SSSR count). The van der Waals surface area contributed by atoms with Crippen LogP contribution in [0.5, 0.6) is 0 Å². The summed E-state index contributed by atoms with van der Waals surface area (Å²) in [5.41, 5.74) is 2.60. The Morgan fingerprint density at radius 2 is 1.75 bits per heavy atom. The third kappa shape index (κ3) is 3.70. The molecule has 0 saturated heterocycles. The Kier molecular flexibility index (Phi) is 3.73. The van der Waals surface area contributed by atoms with Crippen LogP contribution in [0.15, 0.2) is 34.9 Å². The molecule has 1 aromatic heterocycles. The molecule has 0 atom stereocenters. The molecule has 0 aliphatic heterocycles. The van der Waals surface area contributed by atoms with Crippen molar-refractivity contribution in [1.82, 2.24) is 4.98 Å². The van der Waals surface area contributed by atoms with Crippen molar-refractivity contribution in [3.05, 3.63) is 41.8 Å². The Morgan fingerprint density at radius 1 is 1.15 bits per heavy atom. The molecule has 0 unspecified atom stereocenters. The van der Waals surface area contributed by atoms with Crippen molar-refractivity contribution in [2.45, 2.75) is 31.9 Å². The lowest BCUT2D eigenvalue weighted by molar-refractivity contribution is 0.571. The van der Waals surface area contributed by atoms with E-state index in [4.69, 9.17) is 4.42 Å². The molecule has 108 valence electrons. The van der Waals surface area contributed by atoms with Crippen LogP contribution in [0.3, 0.4) is 0 Å². The lowest BCUT2D eigenvalue weighted by Crippen LogP contribution is -2.10. The quantitative estimate of drug-likeness (QED) is 0.872. The minimum atomic E-state index is -3.09. The van der Waals surface area contributed by atoms with Crippen LogP contribution >= 0.6 is 0 Å². The molecule has 0 radical (unpaired) electrons. The maximum Gasteiger partial charge on any atom is 0.226 e. The zero-order valence-corrected chi connectivity index (χ0v) is 13.0. The van der Waals surface area contributed by atoms with Gasteiger partial charge in [0.25, 0.3) is 0 Å². The van der Waals surface area contributed by atoms with Crippen LogP contribution in [0.2, 0.25) is 0 Å². The van der Waals surface area contributed by atoms with Crippen LogP contribution in [0.4, 0.5) is 0 Å². The van der Waals surface area contributed by atoms with Crippen molar-refractivity contribution in [2.24, 2.45) is 0 Å². The van der Waals surface area contributed by atoms with Crippen LogP contribution in [0.25, 0.3) is 11.5 Å². The zero-order valence-electron chi connectivity index (χ0n) is 12.2.